The topological polar surface area (TPSA) is 91.7 Å². The fourth-order valence-electron chi connectivity index (χ4n) is 2.51. The van der Waals surface area contributed by atoms with Gasteiger partial charge in [-0.05, 0) is 25.0 Å². The first-order chi connectivity index (χ1) is 10.8. The van der Waals surface area contributed by atoms with E-state index in [4.69, 9.17) is 0 Å². The van der Waals surface area contributed by atoms with E-state index >= 15 is 0 Å². The van der Waals surface area contributed by atoms with Gasteiger partial charge in [0, 0.05) is 34.9 Å². The standard InChI is InChI=1S/C17H17N3O3.Na/c1-9(2)17(3)16(23)19-14(20-17)13-11(15(21)22)8-10-6-4-5-7-12(10)18-13;/h4-9H,1-3H3,(H,21,22)(H,19,20,23);. The molecule has 6 nitrogen and oxygen atoms in total. The Labute approximate surface area is 161 Å². The second-order valence-electron chi connectivity index (χ2n) is 6.13. The smallest absolute Gasteiger partial charge is 0.338 e. The van der Waals surface area contributed by atoms with Crippen LogP contribution in [0.1, 0.15) is 36.8 Å². The van der Waals surface area contributed by atoms with Crippen molar-refractivity contribution in [3.63, 3.8) is 0 Å². The van der Waals surface area contributed by atoms with Crippen molar-refractivity contribution in [2.45, 2.75) is 26.3 Å². The van der Waals surface area contributed by atoms with E-state index in [2.05, 4.69) is 15.3 Å². The Morgan fingerprint density at radius 3 is 2.54 bits per heavy atom. The number of rotatable bonds is 3. The van der Waals surface area contributed by atoms with Crippen LogP contribution < -0.4 is 5.32 Å². The summed E-state index contributed by atoms with van der Waals surface area (Å²) in [5, 5.41) is 13.3. The minimum atomic E-state index is -1.10. The molecule has 1 amide bonds. The van der Waals surface area contributed by atoms with E-state index in [9.17, 15) is 14.7 Å². The molecule has 7 heteroatoms. The number of nitrogens with one attached hydrogen (secondary N) is 1. The monoisotopic (exact) mass is 334 g/mol. The normalized spacial score (nSPS) is 19.8. The van der Waals surface area contributed by atoms with E-state index in [0.29, 0.717) is 5.52 Å². The molecule has 0 saturated carbocycles. The fourth-order valence-corrected chi connectivity index (χ4v) is 2.51. The first-order valence-corrected chi connectivity index (χ1v) is 7.37. The van der Waals surface area contributed by atoms with Crippen LogP contribution in [-0.2, 0) is 4.79 Å². The quantitative estimate of drug-likeness (QED) is 0.836. The van der Waals surface area contributed by atoms with Crippen LogP contribution in [0.2, 0.25) is 0 Å². The van der Waals surface area contributed by atoms with Gasteiger partial charge in [0.15, 0.2) is 5.84 Å². The number of para-hydroxylation sites is 1. The number of benzene rings is 1. The van der Waals surface area contributed by atoms with Crippen molar-refractivity contribution in [1.82, 2.24) is 10.3 Å². The summed E-state index contributed by atoms with van der Waals surface area (Å²) in [4.78, 5) is 32.3. The summed E-state index contributed by atoms with van der Waals surface area (Å²) in [6, 6.07) is 8.79. The van der Waals surface area contributed by atoms with Crippen LogP contribution in [0.3, 0.4) is 0 Å². The summed E-state index contributed by atoms with van der Waals surface area (Å²) in [5.74, 6) is -1.19. The molecule has 1 radical (unpaired) electrons. The zero-order valence-electron chi connectivity index (χ0n) is 14.1. The third-order valence-electron chi connectivity index (χ3n) is 4.37. The maximum Gasteiger partial charge on any atom is 0.338 e. The van der Waals surface area contributed by atoms with Crippen molar-refractivity contribution < 1.29 is 14.7 Å². The number of carbonyl (C=O) groups is 2. The number of aromatic nitrogens is 1. The third-order valence-corrected chi connectivity index (χ3v) is 4.37. The van der Waals surface area contributed by atoms with Crippen LogP contribution in [0, 0.1) is 5.92 Å². The van der Waals surface area contributed by atoms with Crippen molar-refractivity contribution in [2.75, 3.05) is 0 Å². The van der Waals surface area contributed by atoms with E-state index in [1.807, 2.05) is 26.0 Å². The van der Waals surface area contributed by atoms with E-state index in [0.717, 1.165) is 5.39 Å². The third kappa shape index (κ3) is 2.97. The maximum absolute atomic E-state index is 12.2. The molecule has 2 aromatic rings. The van der Waals surface area contributed by atoms with E-state index in [-0.39, 0.29) is 58.5 Å². The Morgan fingerprint density at radius 2 is 1.96 bits per heavy atom. The number of carbonyl (C=O) groups excluding carboxylic acids is 1. The summed E-state index contributed by atoms with van der Waals surface area (Å²) in [5.41, 5.74) is 0.0191. The minimum Gasteiger partial charge on any atom is -0.478 e. The van der Waals surface area contributed by atoms with Gasteiger partial charge in [-0.3, -0.25) is 4.79 Å². The van der Waals surface area contributed by atoms with Gasteiger partial charge in [0.2, 0.25) is 0 Å². The van der Waals surface area contributed by atoms with Crippen LogP contribution in [0.25, 0.3) is 10.9 Å². The second kappa shape index (κ2) is 6.63. The van der Waals surface area contributed by atoms with E-state index in [1.54, 1.807) is 25.1 Å². The Hall–Kier alpha value is -1.76. The van der Waals surface area contributed by atoms with Crippen LogP contribution >= 0.6 is 0 Å². The molecule has 0 aliphatic carbocycles. The minimum absolute atomic E-state index is 0. The maximum atomic E-state index is 12.2. The molecule has 3 rings (SSSR count). The number of hydrogen-bond acceptors (Lipinski definition) is 4. The second-order valence-corrected chi connectivity index (χ2v) is 6.13. The first kappa shape index (κ1) is 18.6. The molecule has 2 N–H and O–H groups in total. The van der Waals surface area contributed by atoms with Gasteiger partial charge in [-0.2, -0.15) is 4.99 Å². The molecule has 0 bridgehead atoms. The number of nitrogens with zero attached hydrogens (tertiary/aromatic N) is 2. The largest absolute Gasteiger partial charge is 0.478 e. The van der Waals surface area contributed by atoms with Crippen molar-refractivity contribution in [3.8, 4) is 0 Å². The van der Waals surface area contributed by atoms with Gasteiger partial charge in [-0.1, -0.05) is 32.0 Å². The molecular weight excluding hydrogens is 317 g/mol. The predicted octanol–water partition coefficient (Wildman–Crippen LogP) is 1.84. The molecular formula is C17H17N3NaO3. The van der Waals surface area contributed by atoms with Gasteiger partial charge in [0.05, 0.1) is 11.1 Å². The zero-order chi connectivity index (χ0) is 16.8. The van der Waals surface area contributed by atoms with Crippen LogP contribution in [0.15, 0.2) is 35.3 Å². The van der Waals surface area contributed by atoms with Gasteiger partial charge < -0.3 is 10.4 Å². The summed E-state index contributed by atoms with van der Waals surface area (Å²) in [7, 11) is 0. The molecule has 0 spiro atoms. The molecule has 1 atom stereocenters. The molecule has 2 heterocycles. The van der Waals surface area contributed by atoms with Gasteiger partial charge in [0.25, 0.3) is 5.91 Å². The predicted molar refractivity (Wildman–Crippen MR) is 92.4 cm³/mol. The summed E-state index contributed by atoms with van der Waals surface area (Å²) >= 11 is 0. The number of pyridine rings is 1. The average Bonchev–Trinajstić information content (AvgIpc) is 2.82. The van der Waals surface area contributed by atoms with Crippen LogP contribution in [-0.4, -0.2) is 62.9 Å². The fraction of sp³-hybridized carbons (Fsp3) is 0.294. The number of amidine groups is 1. The van der Waals surface area contributed by atoms with Gasteiger partial charge in [-0.15, -0.1) is 0 Å². The number of fused-ring (bicyclic) bond motifs is 1. The van der Waals surface area contributed by atoms with Crippen molar-refractivity contribution in [1.29, 1.82) is 0 Å². The molecule has 1 aliphatic rings. The summed E-state index contributed by atoms with van der Waals surface area (Å²) < 4.78 is 0. The molecule has 1 aromatic carbocycles. The number of hydrogen-bond donors (Lipinski definition) is 2. The molecule has 1 unspecified atom stereocenters. The number of amides is 1. The zero-order valence-corrected chi connectivity index (χ0v) is 16.1. The number of aliphatic imine (C=N–C) groups is 1. The average molecular weight is 334 g/mol. The summed E-state index contributed by atoms with van der Waals surface area (Å²) in [6.45, 7) is 5.59. The van der Waals surface area contributed by atoms with Gasteiger partial charge in [0.1, 0.15) is 11.2 Å². The van der Waals surface area contributed by atoms with Gasteiger partial charge >= 0.3 is 5.97 Å². The van der Waals surface area contributed by atoms with Gasteiger partial charge in [-0.25, -0.2) is 9.78 Å². The molecule has 24 heavy (non-hydrogen) atoms. The Morgan fingerprint density at radius 1 is 1.29 bits per heavy atom. The van der Waals surface area contributed by atoms with Crippen molar-refractivity contribution in [3.05, 3.63) is 41.6 Å². The number of carboxylic acids is 1. The molecule has 1 aliphatic heterocycles. The first-order valence-electron chi connectivity index (χ1n) is 7.37. The van der Waals surface area contributed by atoms with E-state index in [1.165, 1.54) is 0 Å². The molecule has 119 valence electrons. The molecule has 0 fully saturated rings. The van der Waals surface area contributed by atoms with Crippen LogP contribution in [0.5, 0.6) is 0 Å². The van der Waals surface area contributed by atoms with E-state index < -0.39 is 11.5 Å². The van der Waals surface area contributed by atoms with Crippen LogP contribution in [0.4, 0.5) is 0 Å². The molecule has 0 saturated heterocycles. The number of aromatic carboxylic acids is 1. The van der Waals surface area contributed by atoms with Crippen molar-refractivity contribution in [2.24, 2.45) is 10.9 Å². The Balaban J connectivity index is 0.00000208. The number of carboxylic acid groups (broad SMARTS) is 1. The SMILES string of the molecule is CC(C)C1(C)NC(c2nc3ccccc3cc2C(=O)O)=NC1=O.[Na]. The molecule has 1 aromatic heterocycles. The van der Waals surface area contributed by atoms with Crippen molar-refractivity contribution >= 4 is 58.2 Å². The Bertz CT molecular complexity index is 863. The Kier molecular flexibility index (Phi) is 5.13. The summed E-state index contributed by atoms with van der Waals surface area (Å²) in [6.07, 6.45) is 0.